The van der Waals surface area contributed by atoms with Crippen molar-refractivity contribution in [2.24, 2.45) is 0 Å². The van der Waals surface area contributed by atoms with E-state index in [1.165, 1.54) is 19.2 Å². The minimum atomic E-state index is -4.83. The maximum Gasteiger partial charge on any atom is 0.573 e. The molecule has 2 atom stereocenters. The van der Waals surface area contributed by atoms with Crippen LogP contribution in [-0.4, -0.2) is 48.3 Å². The van der Waals surface area contributed by atoms with Gasteiger partial charge in [-0.2, -0.15) is 0 Å². The average molecular weight is 574 g/mol. The van der Waals surface area contributed by atoms with Crippen molar-refractivity contribution < 1.29 is 36.7 Å². The first-order valence-corrected chi connectivity index (χ1v) is 13.9. The van der Waals surface area contributed by atoms with Gasteiger partial charge in [0.15, 0.2) is 0 Å². The molecule has 2 fully saturated rings. The number of hydrogen-bond donors (Lipinski definition) is 0. The number of pyridine rings is 1. The van der Waals surface area contributed by atoms with Gasteiger partial charge < -0.3 is 23.6 Å². The third kappa shape index (κ3) is 6.50. The van der Waals surface area contributed by atoms with Crippen molar-refractivity contribution in [1.29, 1.82) is 0 Å². The summed E-state index contributed by atoms with van der Waals surface area (Å²) in [7, 11) is 1.35. The van der Waals surface area contributed by atoms with Crippen molar-refractivity contribution in [2.45, 2.75) is 83.3 Å². The van der Waals surface area contributed by atoms with Crippen LogP contribution in [0.3, 0.4) is 0 Å². The third-order valence-electron chi connectivity index (χ3n) is 7.78. The van der Waals surface area contributed by atoms with Gasteiger partial charge in [0.2, 0.25) is 0 Å². The Morgan fingerprint density at radius 1 is 1.15 bits per heavy atom. The van der Waals surface area contributed by atoms with Gasteiger partial charge >= 0.3 is 12.3 Å². The minimum Gasteiger partial charge on any atom is -0.465 e. The molecular weight excluding hydrogens is 539 g/mol. The fourth-order valence-corrected chi connectivity index (χ4v) is 5.67. The van der Waals surface area contributed by atoms with Crippen LogP contribution >= 0.6 is 0 Å². The number of benzene rings is 1. The van der Waals surface area contributed by atoms with Gasteiger partial charge in [-0.05, 0) is 69.2 Å². The maximum atomic E-state index is 13.1. The average Bonchev–Trinajstić information content (AvgIpc) is 3.58. The number of methoxy groups -OCH3 is 1. The van der Waals surface area contributed by atoms with Crippen LogP contribution in [0.25, 0.3) is 11.3 Å². The van der Waals surface area contributed by atoms with Gasteiger partial charge in [-0.25, -0.2) is 9.78 Å². The highest BCUT2D eigenvalue weighted by Gasteiger charge is 2.37. The van der Waals surface area contributed by atoms with Crippen molar-refractivity contribution in [3.63, 3.8) is 0 Å². The number of aromatic nitrogens is 2. The minimum absolute atomic E-state index is 0.167. The molecule has 0 radical (unpaired) electrons. The highest BCUT2D eigenvalue weighted by atomic mass is 19.4. The summed E-state index contributed by atoms with van der Waals surface area (Å²) < 4.78 is 60.1. The molecule has 2 aromatic heterocycles. The van der Waals surface area contributed by atoms with Gasteiger partial charge in [0.05, 0.1) is 19.3 Å². The van der Waals surface area contributed by atoms with Gasteiger partial charge in [0, 0.05) is 41.9 Å². The Hall–Kier alpha value is -3.60. The number of ether oxygens (including phenoxy) is 3. The molecule has 0 N–H and O–H groups in total. The number of aryl methyl sites for hydroxylation is 1. The molecule has 1 unspecified atom stereocenters. The van der Waals surface area contributed by atoms with E-state index in [-0.39, 0.29) is 29.9 Å². The largest absolute Gasteiger partial charge is 0.573 e. The molecule has 11 heteroatoms. The lowest BCUT2D eigenvalue weighted by Gasteiger charge is -2.32. The lowest BCUT2D eigenvalue weighted by atomic mass is 10.0. The fraction of sp³-hybridized carbons (Fsp3) is 0.500. The molecule has 1 aromatic carbocycles. The topological polar surface area (TPSA) is 86.9 Å². The molecule has 1 aliphatic heterocycles. The number of hydrogen-bond acceptors (Lipinski definition) is 8. The predicted molar refractivity (Wildman–Crippen MR) is 145 cm³/mol. The summed E-state index contributed by atoms with van der Waals surface area (Å²) in [5.41, 5.74) is 2.51. The number of carbonyl (C=O) groups excluding carboxylic acids is 1. The van der Waals surface area contributed by atoms with Crippen LogP contribution in [0.4, 0.5) is 19.0 Å². The third-order valence-corrected chi connectivity index (χ3v) is 7.78. The summed E-state index contributed by atoms with van der Waals surface area (Å²) in [6.07, 6.45) is 2.33. The van der Waals surface area contributed by atoms with Gasteiger partial charge in [-0.1, -0.05) is 24.2 Å². The fourth-order valence-electron chi connectivity index (χ4n) is 5.67. The molecule has 1 aliphatic carbocycles. The Balaban J connectivity index is 1.30. The first-order valence-electron chi connectivity index (χ1n) is 13.9. The Morgan fingerprint density at radius 2 is 1.90 bits per heavy atom. The van der Waals surface area contributed by atoms with E-state index in [2.05, 4.69) is 26.7 Å². The molecule has 0 spiro atoms. The lowest BCUT2D eigenvalue weighted by Crippen LogP contribution is -2.37. The zero-order valence-corrected chi connectivity index (χ0v) is 23.4. The first-order chi connectivity index (χ1) is 19.7. The van der Waals surface area contributed by atoms with E-state index in [9.17, 15) is 18.0 Å². The Kier molecular flexibility index (Phi) is 8.53. The Morgan fingerprint density at radius 3 is 2.59 bits per heavy atom. The second-order valence-electron chi connectivity index (χ2n) is 10.6. The summed E-state index contributed by atoms with van der Waals surface area (Å²) in [6, 6.07) is 8.26. The molecule has 3 heterocycles. The van der Waals surface area contributed by atoms with Crippen molar-refractivity contribution in [2.75, 3.05) is 18.6 Å². The number of rotatable bonds is 11. The number of carbonyl (C=O) groups is 1. The van der Waals surface area contributed by atoms with E-state index in [0.29, 0.717) is 35.2 Å². The van der Waals surface area contributed by atoms with Gasteiger partial charge in [0.25, 0.3) is 0 Å². The van der Waals surface area contributed by atoms with Gasteiger partial charge in [0.1, 0.15) is 23.0 Å². The summed E-state index contributed by atoms with van der Waals surface area (Å²) in [4.78, 5) is 18.9. The highest BCUT2D eigenvalue weighted by Crippen LogP contribution is 2.45. The second kappa shape index (κ2) is 12.1. The van der Waals surface area contributed by atoms with Gasteiger partial charge in [-0.3, -0.25) is 0 Å². The Bertz CT molecular complexity index is 1370. The quantitative estimate of drug-likeness (QED) is 0.180. The zero-order chi connectivity index (χ0) is 29.1. The first kappa shape index (κ1) is 28.9. The number of halogens is 3. The van der Waals surface area contributed by atoms with Crippen LogP contribution in [-0.2, 0) is 16.1 Å². The summed E-state index contributed by atoms with van der Waals surface area (Å²) in [5, 5.41) is 4.15. The second-order valence-corrected chi connectivity index (χ2v) is 10.6. The molecular formula is C30H34F3N3O5. The van der Waals surface area contributed by atoms with Crippen molar-refractivity contribution in [3.8, 4) is 17.0 Å². The van der Waals surface area contributed by atoms with Crippen LogP contribution in [0.15, 0.2) is 41.1 Å². The van der Waals surface area contributed by atoms with Crippen LogP contribution in [0, 0.1) is 6.92 Å². The van der Waals surface area contributed by atoms with Crippen LogP contribution in [0.5, 0.6) is 5.75 Å². The summed E-state index contributed by atoms with van der Waals surface area (Å²) in [5.74, 6) is 0.969. The highest BCUT2D eigenvalue weighted by molar-refractivity contribution is 5.89. The number of alkyl halides is 3. The SMILES string of the molecule is CCC1CC[C@@H](CCOCc2c(-c3ccccc3OC(F)(F)F)noc2C2CC2)N1c1ncc(C(=O)OC)cc1C. The number of anilines is 1. The summed E-state index contributed by atoms with van der Waals surface area (Å²) >= 11 is 0. The van der Waals surface area contributed by atoms with Crippen LogP contribution in [0.1, 0.15) is 78.6 Å². The van der Waals surface area contributed by atoms with E-state index < -0.39 is 12.3 Å². The smallest absolute Gasteiger partial charge is 0.465 e. The van der Waals surface area contributed by atoms with Gasteiger partial charge in [-0.15, -0.1) is 13.2 Å². The molecule has 0 amide bonds. The van der Waals surface area contributed by atoms with Crippen molar-refractivity contribution in [1.82, 2.24) is 10.1 Å². The molecule has 220 valence electrons. The molecule has 41 heavy (non-hydrogen) atoms. The molecule has 1 saturated carbocycles. The monoisotopic (exact) mass is 573 g/mol. The van der Waals surface area contributed by atoms with Crippen molar-refractivity contribution >= 4 is 11.8 Å². The van der Waals surface area contributed by atoms with E-state index in [0.717, 1.165) is 49.9 Å². The number of esters is 1. The van der Waals surface area contributed by atoms with E-state index in [4.69, 9.17) is 14.0 Å². The normalized spacial score (nSPS) is 19.0. The molecule has 1 saturated heterocycles. The zero-order valence-electron chi connectivity index (χ0n) is 23.4. The van der Waals surface area contributed by atoms with E-state index >= 15 is 0 Å². The standard InChI is InChI=1S/C30H34F3N3O5/c1-4-21-11-12-22(36(21)28-18(2)15-20(16-34-28)29(37)38-3)13-14-39-17-24-26(35-41-27(24)19-9-10-19)23-7-5-6-8-25(23)40-30(31,32)33/h5-8,15-16,19,21-22H,4,9-14,17H2,1-3H3/t21?,22-/m0/s1. The van der Waals surface area contributed by atoms with Crippen LogP contribution < -0.4 is 9.64 Å². The number of para-hydroxylation sites is 1. The number of nitrogens with zero attached hydrogens (tertiary/aromatic N) is 3. The maximum absolute atomic E-state index is 13.1. The Labute approximate surface area is 236 Å². The molecule has 0 bridgehead atoms. The van der Waals surface area contributed by atoms with E-state index in [1.807, 2.05) is 6.92 Å². The van der Waals surface area contributed by atoms with Crippen LogP contribution in [0.2, 0.25) is 0 Å². The lowest BCUT2D eigenvalue weighted by molar-refractivity contribution is -0.274. The van der Waals surface area contributed by atoms with E-state index in [1.54, 1.807) is 24.4 Å². The molecule has 8 nitrogen and oxygen atoms in total. The molecule has 2 aliphatic rings. The van der Waals surface area contributed by atoms with Crippen molar-refractivity contribution in [3.05, 3.63) is 59.0 Å². The summed E-state index contributed by atoms with van der Waals surface area (Å²) in [6.45, 7) is 4.70. The molecule has 3 aromatic rings. The molecule has 5 rings (SSSR count). The predicted octanol–water partition coefficient (Wildman–Crippen LogP) is 6.96.